The predicted octanol–water partition coefficient (Wildman–Crippen LogP) is 3.02. The summed E-state index contributed by atoms with van der Waals surface area (Å²) in [6.45, 7) is 2.54. The maximum atomic E-state index is 12.8. The zero-order valence-electron chi connectivity index (χ0n) is 11.1. The lowest BCUT2D eigenvalue weighted by molar-refractivity contribution is 0.267. The van der Waals surface area contributed by atoms with Crippen molar-refractivity contribution < 1.29 is 13.2 Å². The van der Waals surface area contributed by atoms with E-state index >= 15 is 0 Å². The van der Waals surface area contributed by atoms with Crippen molar-refractivity contribution in [1.82, 2.24) is 4.31 Å². The third-order valence-electron chi connectivity index (χ3n) is 3.45. The first-order chi connectivity index (χ1) is 8.96. The molecule has 1 saturated heterocycles. The van der Waals surface area contributed by atoms with Gasteiger partial charge in [0.15, 0.2) is 0 Å². The molecule has 0 aliphatic carbocycles. The van der Waals surface area contributed by atoms with Gasteiger partial charge in [0.2, 0.25) is 10.0 Å². The van der Waals surface area contributed by atoms with Gasteiger partial charge >= 0.3 is 0 Å². The number of hydrogen-bond donors (Lipinski definition) is 0. The normalized spacial score (nSPS) is 21.3. The van der Waals surface area contributed by atoms with Crippen molar-refractivity contribution in [3.05, 3.63) is 22.7 Å². The molecule has 0 N–H and O–H groups in total. The molecule has 0 radical (unpaired) electrons. The first kappa shape index (κ1) is 14.8. The van der Waals surface area contributed by atoms with Crippen molar-refractivity contribution in [3.8, 4) is 5.75 Å². The molecule has 0 amide bonds. The number of hydrogen-bond acceptors (Lipinski definition) is 3. The molecule has 1 aromatic carbocycles. The standard InChI is InChI=1S/C13H18BrNO3S/c1-10-5-3-4-8-15(10)19(16,17)13-9-11(14)6-7-12(13)18-2/h6-7,9-10H,3-5,8H2,1-2H3/t10-/m1/s1. The number of rotatable bonds is 3. The summed E-state index contributed by atoms with van der Waals surface area (Å²) in [5.74, 6) is 0.390. The van der Waals surface area contributed by atoms with E-state index < -0.39 is 10.0 Å². The molecule has 106 valence electrons. The SMILES string of the molecule is COc1ccc(Br)cc1S(=O)(=O)N1CCCC[C@H]1C. The number of halogens is 1. The van der Waals surface area contributed by atoms with Gasteiger partial charge in [-0.3, -0.25) is 0 Å². The molecule has 0 spiro atoms. The van der Waals surface area contributed by atoms with Gasteiger partial charge in [-0.05, 0) is 38.0 Å². The van der Waals surface area contributed by atoms with E-state index in [1.807, 2.05) is 6.92 Å². The lowest BCUT2D eigenvalue weighted by Gasteiger charge is -2.32. The molecule has 0 aromatic heterocycles. The van der Waals surface area contributed by atoms with Crippen molar-refractivity contribution >= 4 is 26.0 Å². The lowest BCUT2D eigenvalue weighted by atomic mass is 10.1. The second-order valence-electron chi connectivity index (χ2n) is 4.76. The molecule has 1 aliphatic rings. The summed E-state index contributed by atoms with van der Waals surface area (Å²) in [5, 5.41) is 0. The van der Waals surface area contributed by atoms with Crippen LogP contribution in [0.4, 0.5) is 0 Å². The minimum absolute atomic E-state index is 0.0439. The third-order valence-corrected chi connectivity index (χ3v) is 5.98. The van der Waals surface area contributed by atoms with Crippen LogP contribution in [0.3, 0.4) is 0 Å². The molecule has 1 aromatic rings. The molecular formula is C13H18BrNO3S. The maximum absolute atomic E-state index is 12.8. The van der Waals surface area contributed by atoms with Crippen molar-refractivity contribution in [2.75, 3.05) is 13.7 Å². The first-order valence-electron chi connectivity index (χ1n) is 6.32. The number of piperidine rings is 1. The summed E-state index contributed by atoms with van der Waals surface area (Å²) in [4.78, 5) is 0.234. The van der Waals surface area contributed by atoms with Gasteiger partial charge < -0.3 is 4.74 Å². The zero-order valence-corrected chi connectivity index (χ0v) is 13.5. The van der Waals surface area contributed by atoms with Crippen LogP contribution >= 0.6 is 15.9 Å². The highest BCUT2D eigenvalue weighted by atomic mass is 79.9. The van der Waals surface area contributed by atoms with Gasteiger partial charge in [0, 0.05) is 17.1 Å². The molecule has 4 nitrogen and oxygen atoms in total. The molecule has 0 bridgehead atoms. The van der Waals surface area contributed by atoms with Crippen molar-refractivity contribution in [2.24, 2.45) is 0 Å². The van der Waals surface area contributed by atoms with Crippen molar-refractivity contribution in [2.45, 2.75) is 37.1 Å². The van der Waals surface area contributed by atoms with Gasteiger partial charge in [-0.1, -0.05) is 22.4 Å². The van der Waals surface area contributed by atoms with Crippen molar-refractivity contribution in [3.63, 3.8) is 0 Å². The molecular weight excluding hydrogens is 330 g/mol. The van der Waals surface area contributed by atoms with Gasteiger partial charge in [-0.15, -0.1) is 0 Å². The fraction of sp³-hybridized carbons (Fsp3) is 0.538. The minimum atomic E-state index is -3.50. The van der Waals surface area contributed by atoms with Gasteiger partial charge in [0.05, 0.1) is 7.11 Å². The number of methoxy groups -OCH3 is 1. The Hall–Kier alpha value is -0.590. The highest BCUT2D eigenvalue weighted by Gasteiger charge is 2.33. The molecule has 0 unspecified atom stereocenters. The predicted molar refractivity (Wildman–Crippen MR) is 77.9 cm³/mol. The van der Waals surface area contributed by atoms with Crippen LogP contribution in [0.25, 0.3) is 0 Å². The fourth-order valence-electron chi connectivity index (χ4n) is 2.41. The van der Waals surface area contributed by atoms with Gasteiger partial charge in [-0.2, -0.15) is 4.31 Å². The van der Waals surface area contributed by atoms with E-state index in [1.165, 1.54) is 7.11 Å². The van der Waals surface area contributed by atoms with Crippen LogP contribution in [0.2, 0.25) is 0 Å². The highest BCUT2D eigenvalue weighted by molar-refractivity contribution is 9.10. The Morgan fingerprint density at radius 2 is 2.11 bits per heavy atom. The molecule has 2 rings (SSSR count). The van der Waals surface area contributed by atoms with E-state index in [4.69, 9.17) is 4.74 Å². The van der Waals surface area contributed by atoms with Crippen LogP contribution in [-0.4, -0.2) is 32.4 Å². The van der Waals surface area contributed by atoms with Crippen LogP contribution < -0.4 is 4.74 Å². The Labute approximate surface area is 122 Å². The second kappa shape index (κ2) is 5.81. The smallest absolute Gasteiger partial charge is 0.247 e. The minimum Gasteiger partial charge on any atom is -0.495 e. The van der Waals surface area contributed by atoms with Crippen LogP contribution in [0, 0.1) is 0 Å². The molecule has 1 aliphatic heterocycles. The lowest BCUT2D eigenvalue weighted by Crippen LogP contribution is -2.42. The van der Waals surface area contributed by atoms with Gasteiger partial charge in [0.1, 0.15) is 10.6 Å². The van der Waals surface area contributed by atoms with Crippen LogP contribution in [0.1, 0.15) is 26.2 Å². The van der Waals surface area contributed by atoms with Crippen molar-refractivity contribution in [1.29, 1.82) is 0 Å². The van der Waals surface area contributed by atoms with Crippen LogP contribution in [-0.2, 0) is 10.0 Å². The van der Waals surface area contributed by atoms with Crippen LogP contribution in [0.15, 0.2) is 27.6 Å². The number of sulfonamides is 1. The summed E-state index contributed by atoms with van der Waals surface area (Å²) in [6.07, 6.45) is 2.91. The highest BCUT2D eigenvalue weighted by Crippen LogP contribution is 2.32. The number of benzene rings is 1. The van der Waals surface area contributed by atoms with E-state index in [0.717, 1.165) is 23.7 Å². The Morgan fingerprint density at radius 3 is 2.74 bits per heavy atom. The Balaban J connectivity index is 2.46. The Bertz CT molecular complexity index is 559. The van der Waals surface area contributed by atoms with Gasteiger partial charge in [-0.25, -0.2) is 8.42 Å². The largest absolute Gasteiger partial charge is 0.495 e. The fourth-order valence-corrected chi connectivity index (χ4v) is 4.80. The summed E-state index contributed by atoms with van der Waals surface area (Å²) < 4.78 is 33.0. The number of nitrogens with zero attached hydrogens (tertiary/aromatic N) is 1. The van der Waals surface area contributed by atoms with E-state index in [0.29, 0.717) is 12.3 Å². The third kappa shape index (κ3) is 2.95. The maximum Gasteiger partial charge on any atom is 0.247 e. The topological polar surface area (TPSA) is 46.6 Å². The molecule has 0 saturated carbocycles. The Kier molecular flexibility index (Phi) is 4.53. The Morgan fingerprint density at radius 1 is 1.37 bits per heavy atom. The van der Waals surface area contributed by atoms with E-state index in [-0.39, 0.29) is 10.9 Å². The average Bonchev–Trinajstić information content (AvgIpc) is 2.39. The second-order valence-corrected chi connectivity index (χ2v) is 7.53. The molecule has 1 atom stereocenters. The summed E-state index contributed by atoms with van der Waals surface area (Å²) >= 11 is 3.32. The molecule has 19 heavy (non-hydrogen) atoms. The van der Waals surface area contributed by atoms with E-state index in [1.54, 1.807) is 22.5 Å². The molecule has 6 heteroatoms. The molecule has 1 fully saturated rings. The summed E-state index contributed by atoms with van der Waals surface area (Å²) in [7, 11) is -2.01. The monoisotopic (exact) mass is 347 g/mol. The number of ether oxygens (including phenoxy) is 1. The van der Waals surface area contributed by atoms with E-state index in [2.05, 4.69) is 15.9 Å². The average molecular weight is 348 g/mol. The van der Waals surface area contributed by atoms with E-state index in [9.17, 15) is 8.42 Å². The summed E-state index contributed by atoms with van der Waals surface area (Å²) in [5.41, 5.74) is 0. The van der Waals surface area contributed by atoms with Crippen LogP contribution in [0.5, 0.6) is 5.75 Å². The zero-order chi connectivity index (χ0) is 14.0. The quantitative estimate of drug-likeness (QED) is 0.844. The first-order valence-corrected chi connectivity index (χ1v) is 8.55. The van der Waals surface area contributed by atoms with Gasteiger partial charge in [0.25, 0.3) is 0 Å². The molecule has 1 heterocycles. The summed E-state index contributed by atoms with van der Waals surface area (Å²) in [6, 6.07) is 5.10.